The first-order chi connectivity index (χ1) is 36.0. The van der Waals surface area contributed by atoms with Gasteiger partial charge in [0.05, 0.1) is 13.2 Å². The third kappa shape index (κ3) is 18.1. The molecular formula is C54H60B2F8N8O6. The maximum atomic E-state index is 12.8. The van der Waals surface area contributed by atoms with Crippen LogP contribution in [0.2, 0.25) is 0 Å². The van der Waals surface area contributed by atoms with Gasteiger partial charge >= 0.3 is 27.0 Å². The lowest BCUT2D eigenvalue weighted by Crippen LogP contribution is -3.00. The van der Waals surface area contributed by atoms with E-state index in [1.54, 1.807) is 0 Å². The first-order valence-electron chi connectivity index (χ1n) is 24.6. The number of rotatable bonds is 17. The molecular weight excluding hydrogens is 1030 g/mol. The highest BCUT2D eigenvalue weighted by Gasteiger charge is 2.25. The minimum atomic E-state index is -3.67. The molecule has 0 saturated heterocycles. The summed E-state index contributed by atoms with van der Waals surface area (Å²) in [6.07, 6.45) is 10.8. The number of ether oxygens (including phenoxy) is 2. The van der Waals surface area contributed by atoms with E-state index in [-0.39, 0.29) is 56.5 Å². The normalized spacial score (nSPS) is 11.1. The Labute approximate surface area is 446 Å². The van der Waals surface area contributed by atoms with E-state index >= 15 is 0 Å². The van der Waals surface area contributed by atoms with Crippen molar-refractivity contribution in [3.8, 4) is 34.0 Å². The smallest absolute Gasteiger partial charge is 0.762 e. The second kappa shape index (κ2) is 28.5. The van der Waals surface area contributed by atoms with E-state index in [4.69, 9.17) is 9.47 Å². The van der Waals surface area contributed by atoms with Gasteiger partial charge in [0.2, 0.25) is 0 Å². The van der Waals surface area contributed by atoms with E-state index in [0.29, 0.717) is 63.4 Å². The van der Waals surface area contributed by atoms with Crippen LogP contribution < -0.4 is 18.5 Å². The zero-order valence-corrected chi connectivity index (χ0v) is 43.9. The number of esters is 2. The van der Waals surface area contributed by atoms with Crippen LogP contribution in [0, 0.1) is 0 Å². The van der Waals surface area contributed by atoms with Gasteiger partial charge in [-0.1, -0.05) is 77.9 Å². The Morgan fingerprint density at radius 3 is 1.10 bits per heavy atom. The SMILES string of the molecule is CC(C)(C)c1cc(CCC(=O)OCCC[n+]2ccc(-c3cc[n+](CCCOC(=O)CCc4cc(-n5nc6ccccc6n5)c(O)c(C(C)(C)C)c4)cc3)cc2)cc(-n2nc3ccccc3n2)c1O.FB(F)F.FB(F)F.[F-].[F-]. The van der Waals surface area contributed by atoms with E-state index in [0.717, 1.165) is 55.4 Å². The maximum absolute atomic E-state index is 12.8. The quantitative estimate of drug-likeness (QED) is 0.0443. The first-order valence-corrected chi connectivity index (χ1v) is 24.6. The van der Waals surface area contributed by atoms with Gasteiger partial charge < -0.3 is 29.1 Å². The molecule has 0 atom stereocenters. The molecule has 4 aromatic heterocycles. The second-order valence-electron chi connectivity index (χ2n) is 19.8. The summed E-state index contributed by atoms with van der Waals surface area (Å²) < 4.78 is 73.4. The Kier molecular flexibility index (Phi) is 22.9. The predicted octanol–water partition coefficient (Wildman–Crippen LogP) is 4.30. The number of carbonyl (C=O) groups excluding carboxylic acids is 2. The van der Waals surface area contributed by atoms with Crippen LogP contribution in [-0.2, 0) is 55.8 Å². The highest BCUT2D eigenvalue weighted by atomic mass is 19.4. The third-order valence-corrected chi connectivity index (χ3v) is 11.9. The zero-order chi connectivity index (χ0) is 55.2. The minimum Gasteiger partial charge on any atom is -1.00 e. The van der Waals surface area contributed by atoms with Crippen LogP contribution in [0.15, 0.2) is 122 Å². The number of hydrogen-bond donors (Lipinski definition) is 2. The number of aromatic hydroxyl groups is 2. The highest BCUT2D eigenvalue weighted by molar-refractivity contribution is 6.33. The first kappa shape index (κ1) is 62.6. The van der Waals surface area contributed by atoms with Crippen molar-refractivity contribution < 1.29 is 73.7 Å². The summed E-state index contributed by atoms with van der Waals surface area (Å²) >= 11 is 0. The van der Waals surface area contributed by atoms with Crippen molar-refractivity contribution in [1.82, 2.24) is 30.0 Å². The van der Waals surface area contributed by atoms with Gasteiger partial charge in [-0.15, -0.1) is 30.0 Å². The van der Waals surface area contributed by atoms with Gasteiger partial charge in [0.15, 0.2) is 37.9 Å². The van der Waals surface area contributed by atoms with Crippen molar-refractivity contribution in [2.75, 3.05) is 13.2 Å². The van der Waals surface area contributed by atoms with Crippen molar-refractivity contribution >= 4 is 49.1 Å². The van der Waals surface area contributed by atoms with Gasteiger partial charge in [-0.25, -0.2) is 9.13 Å². The highest BCUT2D eigenvalue weighted by Crippen LogP contribution is 2.38. The molecule has 0 spiro atoms. The van der Waals surface area contributed by atoms with Gasteiger partial charge in [-0.05, 0) is 82.3 Å². The van der Waals surface area contributed by atoms with Gasteiger partial charge in [-0.2, -0.15) is 0 Å². The number of benzene rings is 4. The maximum Gasteiger partial charge on any atom is 0.762 e. The molecule has 0 saturated carbocycles. The lowest BCUT2D eigenvalue weighted by Gasteiger charge is -2.23. The van der Waals surface area contributed by atoms with E-state index in [1.165, 1.54) is 9.59 Å². The average molecular weight is 1090 g/mol. The molecule has 0 radical (unpaired) electrons. The number of hydrogen-bond acceptors (Lipinski definition) is 10. The summed E-state index contributed by atoms with van der Waals surface area (Å²) in [7, 11) is -7.33. The fraction of sp³-hybridized carbons (Fsp3) is 0.333. The van der Waals surface area contributed by atoms with Gasteiger partial charge in [0.25, 0.3) is 0 Å². The second-order valence-corrected chi connectivity index (χ2v) is 19.8. The number of phenols is 2. The summed E-state index contributed by atoms with van der Waals surface area (Å²) in [5, 5.41) is 40.8. The molecule has 0 aliphatic heterocycles. The van der Waals surface area contributed by atoms with E-state index in [2.05, 4.69) is 53.8 Å². The number of aromatic nitrogens is 8. The molecule has 0 bridgehead atoms. The average Bonchev–Trinajstić information content (AvgIpc) is 4.08. The largest absolute Gasteiger partial charge is 1.00 e. The summed E-state index contributed by atoms with van der Waals surface area (Å²) in [4.78, 5) is 28.5. The van der Waals surface area contributed by atoms with Crippen LogP contribution >= 0.6 is 0 Å². The molecule has 14 nitrogen and oxygen atoms in total. The monoisotopic (exact) mass is 1090 g/mol. The van der Waals surface area contributed by atoms with Gasteiger partial charge in [0, 0.05) is 61.1 Å². The number of nitrogens with zero attached hydrogens (tertiary/aromatic N) is 8. The Morgan fingerprint density at radius 2 is 0.821 bits per heavy atom. The van der Waals surface area contributed by atoms with Gasteiger partial charge in [-0.3, -0.25) is 35.5 Å². The lowest BCUT2D eigenvalue weighted by molar-refractivity contribution is -0.697. The molecule has 2 N–H and O–H groups in total. The van der Waals surface area contributed by atoms with Crippen molar-refractivity contribution in [2.45, 2.75) is 104 Å². The molecule has 24 heteroatoms. The number of halogens is 8. The molecule has 414 valence electrons. The Morgan fingerprint density at radius 1 is 0.526 bits per heavy atom. The Bertz CT molecular complexity index is 2930. The number of pyridine rings is 2. The van der Waals surface area contributed by atoms with E-state index in [1.807, 2.05) is 139 Å². The van der Waals surface area contributed by atoms with Crippen molar-refractivity contribution in [3.05, 3.63) is 144 Å². The molecule has 4 aromatic carbocycles. The molecule has 4 heterocycles. The third-order valence-electron chi connectivity index (χ3n) is 11.9. The van der Waals surface area contributed by atoms with Crippen LogP contribution in [-0.4, -0.2) is 80.4 Å². The van der Waals surface area contributed by atoms with E-state index < -0.39 is 15.1 Å². The van der Waals surface area contributed by atoms with Crippen molar-refractivity contribution in [2.24, 2.45) is 0 Å². The van der Waals surface area contributed by atoms with Crippen LogP contribution in [0.25, 0.3) is 44.6 Å². The zero-order valence-electron chi connectivity index (χ0n) is 43.9. The van der Waals surface area contributed by atoms with Gasteiger partial charge in [0.1, 0.15) is 44.9 Å². The summed E-state index contributed by atoms with van der Waals surface area (Å²) in [5.74, 6) is -0.289. The molecule has 0 unspecified atom stereocenters. The molecule has 0 fully saturated rings. The standard InChI is InChI=1S/C54H58N8O6.2BF3.2FH/c1-53(2,3)41-33-37(35-47(51(41)65)61-55-43-13-7-8-14-44(43)56-61)17-19-49(63)67-31-11-25-59-27-21-39(22-28-59)40-23-29-60(30-24-40)26-12-32-68-50(64)20-18-38-34-42(54(4,5)6)52(66)48(36-38)62-57-45-15-9-10-16-46(45)58-62;2*2-1(3)4;;/h7-10,13-16,21-24,27-30,33-36H,11-12,17-20,25-26,31-32H2,1-6H3;;;2*1H. The summed E-state index contributed by atoms with van der Waals surface area (Å²) in [6, 6.07) is 31.0. The minimum absolute atomic E-state index is 0. The van der Waals surface area contributed by atoms with Crippen LogP contribution in [0.5, 0.6) is 11.5 Å². The topological polar surface area (TPSA) is 162 Å². The number of fused-ring (bicyclic) bond motifs is 2. The van der Waals surface area contributed by atoms with Crippen LogP contribution in [0.1, 0.15) is 89.5 Å². The Hall–Kier alpha value is -7.91. The fourth-order valence-corrected chi connectivity index (χ4v) is 8.13. The number of carbonyl (C=O) groups is 2. The fourth-order valence-electron chi connectivity index (χ4n) is 8.13. The molecule has 8 rings (SSSR count). The van der Waals surface area contributed by atoms with Crippen LogP contribution in [0.3, 0.4) is 0 Å². The van der Waals surface area contributed by atoms with E-state index in [9.17, 15) is 45.7 Å². The summed E-state index contributed by atoms with van der Waals surface area (Å²) in [6.45, 7) is 14.3. The molecule has 8 aromatic rings. The molecule has 78 heavy (non-hydrogen) atoms. The lowest BCUT2D eigenvalue weighted by atomic mass is 9.84. The van der Waals surface area contributed by atoms with Crippen molar-refractivity contribution in [1.29, 1.82) is 0 Å². The number of aryl methyl sites for hydroxylation is 4. The predicted molar refractivity (Wildman–Crippen MR) is 277 cm³/mol. The molecule has 0 amide bonds. The van der Waals surface area contributed by atoms with Crippen molar-refractivity contribution in [3.63, 3.8) is 0 Å². The summed E-state index contributed by atoms with van der Waals surface area (Å²) in [5.41, 5.74) is 8.68. The Balaban J connectivity index is 0.00000123. The molecule has 0 aliphatic rings. The molecule has 0 aliphatic carbocycles. The van der Waals surface area contributed by atoms with Crippen LogP contribution in [0.4, 0.5) is 25.9 Å². The number of phenolic OH excluding ortho intramolecular Hbond substituents is 2.